The van der Waals surface area contributed by atoms with E-state index in [0.717, 1.165) is 44.3 Å². The Morgan fingerprint density at radius 3 is 2.62 bits per heavy atom. The lowest BCUT2D eigenvalue weighted by Gasteiger charge is -2.19. The number of hydrogen-bond acceptors (Lipinski definition) is 7. The maximum Gasteiger partial charge on any atom is 0.259 e. The smallest absolute Gasteiger partial charge is 0.259 e. The van der Waals surface area contributed by atoms with Crippen LogP contribution in [0.25, 0.3) is 22.4 Å². The van der Waals surface area contributed by atoms with E-state index in [4.69, 9.17) is 4.52 Å². The topological polar surface area (TPSA) is 119 Å². The molecule has 1 N–H and O–H groups in total. The maximum atomic E-state index is 13.2. The molecule has 0 bridgehead atoms. The average Bonchev–Trinajstić information content (AvgIpc) is 3.33. The van der Waals surface area contributed by atoms with Gasteiger partial charge in [0, 0.05) is 18.7 Å². The molecule has 5 rings (SSSR count). The number of likely N-dealkylation sites (tertiary alicyclic amines) is 1. The first-order chi connectivity index (χ1) is 16.6. The van der Waals surface area contributed by atoms with Crippen molar-refractivity contribution in [2.24, 2.45) is 0 Å². The third-order valence-corrected chi connectivity index (χ3v) is 5.95. The Hall–Kier alpha value is -4.08. The lowest BCUT2D eigenvalue weighted by atomic mass is 10.1. The quantitative estimate of drug-likeness (QED) is 0.485. The summed E-state index contributed by atoms with van der Waals surface area (Å²) >= 11 is 0. The fourth-order valence-electron chi connectivity index (χ4n) is 4.19. The summed E-state index contributed by atoms with van der Waals surface area (Å²) in [5, 5.41) is 11.5. The van der Waals surface area contributed by atoms with Crippen LogP contribution in [0.4, 0.5) is 5.95 Å². The van der Waals surface area contributed by atoms with Gasteiger partial charge < -0.3 is 9.42 Å². The van der Waals surface area contributed by atoms with Crippen molar-refractivity contribution in [1.29, 1.82) is 0 Å². The molecule has 1 aromatic carbocycles. The molecule has 10 heteroatoms. The molecule has 0 spiro atoms. The van der Waals surface area contributed by atoms with Crippen molar-refractivity contribution in [2.45, 2.75) is 39.2 Å². The number of fused-ring (bicyclic) bond motifs is 1. The minimum atomic E-state index is -0.410. The number of benzene rings is 1. The maximum absolute atomic E-state index is 13.2. The molecule has 0 atom stereocenters. The van der Waals surface area contributed by atoms with E-state index in [2.05, 4.69) is 25.5 Å². The fraction of sp³-hybridized carbons (Fsp3) is 0.333. The van der Waals surface area contributed by atoms with Gasteiger partial charge >= 0.3 is 0 Å². The fourth-order valence-corrected chi connectivity index (χ4v) is 4.19. The molecule has 2 amide bonds. The molecule has 10 nitrogen and oxygen atoms in total. The molecule has 0 radical (unpaired) electrons. The van der Waals surface area contributed by atoms with E-state index in [9.17, 15) is 9.59 Å². The van der Waals surface area contributed by atoms with Crippen LogP contribution in [0.3, 0.4) is 0 Å². The van der Waals surface area contributed by atoms with E-state index in [1.54, 1.807) is 13.0 Å². The van der Waals surface area contributed by atoms with Crippen LogP contribution in [0.15, 0.2) is 47.2 Å². The molecule has 1 saturated heterocycles. The van der Waals surface area contributed by atoms with Crippen LogP contribution in [0.2, 0.25) is 0 Å². The summed E-state index contributed by atoms with van der Waals surface area (Å²) in [6.07, 6.45) is 5.82. The molecule has 174 valence electrons. The van der Waals surface area contributed by atoms with Crippen molar-refractivity contribution in [1.82, 2.24) is 29.8 Å². The van der Waals surface area contributed by atoms with Gasteiger partial charge in [0.1, 0.15) is 12.9 Å². The highest BCUT2D eigenvalue weighted by molar-refractivity contribution is 6.12. The molecule has 1 aliphatic rings. The van der Waals surface area contributed by atoms with E-state index in [0.29, 0.717) is 22.3 Å². The van der Waals surface area contributed by atoms with Crippen LogP contribution in [0, 0.1) is 6.92 Å². The number of rotatable bonds is 5. The summed E-state index contributed by atoms with van der Waals surface area (Å²) in [7, 11) is 0. The molecular weight excluding hydrogens is 434 g/mol. The van der Waals surface area contributed by atoms with Crippen molar-refractivity contribution in [3.63, 3.8) is 0 Å². The first-order valence-corrected chi connectivity index (χ1v) is 11.4. The molecule has 4 heterocycles. The second-order valence-electron chi connectivity index (χ2n) is 8.38. The van der Waals surface area contributed by atoms with Gasteiger partial charge in [-0.25, -0.2) is 14.6 Å². The first kappa shape index (κ1) is 21.7. The van der Waals surface area contributed by atoms with Gasteiger partial charge in [-0.15, -0.1) is 5.10 Å². The predicted octanol–water partition coefficient (Wildman–Crippen LogP) is 3.44. The van der Waals surface area contributed by atoms with Crippen LogP contribution < -0.4 is 5.32 Å². The third kappa shape index (κ3) is 4.52. The second kappa shape index (κ2) is 9.42. The minimum absolute atomic E-state index is 0.00752. The second-order valence-corrected chi connectivity index (χ2v) is 8.38. The molecule has 4 aromatic rings. The molecule has 0 saturated carbocycles. The number of nitrogens with zero attached hydrogens (tertiary/aromatic N) is 6. The Balaban J connectivity index is 1.35. The lowest BCUT2D eigenvalue weighted by Crippen LogP contribution is -2.34. The average molecular weight is 460 g/mol. The summed E-state index contributed by atoms with van der Waals surface area (Å²) < 4.78 is 6.80. The van der Waals surface area contributed by atoms with E-state index in [1.165, 1.54) is 11.0 Å². The zero-order valence-electron chi connectivity index (χ0n) is 18.9. The van der Waals surface area contributed by atoms with E-state index in [1.807, 2.05) is 35.2 Å². The van der Waals surface area contributed by atoms with E-state index >= 15 is 0 Å². The highest BCUT2D eigenvalue weighted by Gasteiger charge is 2.21. The standard InChI is InChI=1S/C24H25N7O3/c1-16-21-18(13-19(26-23(21)34-29-16)17-9-5-4-6-10-17)22(33)27-24-25-15-31(28-24)14-20(32)30-11-7-2-3-8-12-30/h4-6,9-10,13,15H,2-3,7-8,11-12,14H2,1H3,(H,27,28,33). The van der Waals surface area contributed by atoms with Crippen molar-refractivity contribution >= 4 is 28.9 Å². The number of aryl methyl sites for hydroxylation is 1. The number of hydrogen-bond donors (Lipinski definition) is 1. The monoisotopic (exact) mass is 459 g/mol. The van der Waals surface area contributed by atoms with Crippen LogP contribution in [-0.2, 0) is 11.3 Å². The highest BCUT2D eigenvalue weighted by atomic mass is 16.5. The van der Waals surface area contributed by atoms with Crippen LogP contribution in [-0.4, -0.2) is 54.7 Å². The Morgan fingerprint density at radius 1 is 1.09 bits per heavy atom. The molecule has 0 aliphatic carbocycles. The minimum Gasteiger partial charge on any atom is -0.341 e. The van der Waals surface area contributed by atoms with Gasteiger partial charge in [-0.2, -0.15) is 0 Å². The van der Waals surface area contributed by atoms with Crippen molar-refractivity contribution in [2.75, 3.05) is 18.4 Å². The summed E-state index contributed by atoms with van der Waals surface area (Å²) in [4.78, 5) is 36.4. The SMILES string of the molecule is Cc1noc2nc(-c3ccccc3)cc(C(=O)Nc3ncn(CC(=O)N4CCCCCC4)n3)c12. The summed E-state index contributed by atoms with van der Waals surface area (Å²) in [6.45, 7) is 3.40. The zero-order valence-corrected chi connectivity index (χ0v) is 18.9. The molecule has 1 fully saturated rings. The van der Waals surface area contributed by atoms with Crippen LogP contribution in [0.5, 0.6) is 0 Å². The van der Waals surface area contributed by atoms with Crippen molar-refractivity contribution in [3.8, 4) is 11.3 Å². The van der Waals surface area contributed by atoms with Gasteiger partial charge in [0.05, 0.1) is 22.3 Å². The number of anilines is 1. The van der Waals surface area contributed by atoms with Crippen molar-refractivity contribution < 1.29 is 14.1 Å². The van der Waals surface area contributed by atoms with Gasteiger partial charge in [-0.1, -0.05) is 48.3 Å². The normalized spacial score (nSPS) is 14.2. The Kier molecular flexibility index (Phi) is 6.03. The first-order valence-electron chi connectivity index (χ1n) is 11.4. The number of aromatic nitrogens is 5. The summed E-state index contributed by atoms with van der Waals surface area (Å²) in [5.74, 6) is -0.283. The lowest BCUT2D eigenvalue weighted by molar-refractivity contribution is -0.132. The van der Waals surface area contributed by atoms with Gasteiger partial charge in [0.2, 0.25) is 11.9 Å². The number of amides is 2. The van der Waals surface area contributed by atoms with E-state index in [-0.39, 0.29) is 24.1 Å². The Bertz CT molecular complexity index is 1320. The largest absolute Gasteiger partial charge is 0.341 e. The predicted molar refractivity (Wildman–Crippen MR) is 125 cm³/mol. The number of pyridine rings is 1. The van der Waals surface area contributed by atoms with E-state index < -0.39 is 5.91 Å². The third-order valence-electron chi connectivity index (χ3n) is 5.95. The molecule has 3 aromatic heterocycles. The van der Waals surface area contributed by atoms with Gasteiger partial charge in [-0.05, 0) is 25.8 Å². The van der Waals surface area contributed by atoms with Crippen molar-refractivity contribution in [3.05, 3.63) is 54.0 Å². The Labute approximate surface area is 196 Å². The molecule has 1 aliphatic heterocycles. The molecule has 0 unspecified atom stereocenters. The van der Waals surface area contributed by atoms with Gasteiger partial charge in [0.15, 0.2) is 0 Å². The van der Waals surface area contributed by atoms with Crippen LogP contribution in [0.1, 0.15) is 41.7 Å². The summed E-state index contributed by atoms with van der Waals surface area (Å²) in [5.41, 5.74) is 2.65. The number of carbonyl (C=O) groups excluding carboxylic acids is 2. The highest BCUT2D eigenvalue weighted by Crippen LogP contribution is 2.27. The Morgan fingerprint density at radius 2 is 1.85 bits per heavy atom. The zero-order chi connectivity index (χ0) is 23.5. The van der Waals surface area contributed by atoms with Crippen LogP contribution >= 0.6 is 0 Å². The molecule has 34 heavy (non-hydrogen) atoms. The number of nitrogens with one attached hydrogen (secondary N) is 1. The molecular formula is C24H25N7O3. The summed E-state index contributed by atoms with van der Waals surface area (Å²) in [6, 6.07) is 11.2. The van der Waals surface area contributed by atoms with Gasteiger partial charge in [0.25, 0.3) is 11.6 Å². The number of carbonyl (C=O) groups is 2. The van der Waals surface area contributed by atoms with Gasteiger partial charge in [-0.3, -0.25) is 14.9 Å².